The summed E-state index contributed by atoms with van der Waals surface area (Å²) in [6.45, 7) is 0.821. The summed E-state index contributed by atoms with van der Waals surface area (Å²) in [5.41, 5.74) is 1.08. The van der Waals surface area contributed by atoms with E-state index in [1.54, 1.807) is 18.1 Å². The maximum absolute atomic E-state index is 4.32. The van der Waals surface area contributed by atoms with Gasteiger partial charge in [0.15, 0.2) is 0 Å². The lowest BCUT2D eigenvalue weighted by Crippen LogP contribution is -2.07. The average molecular weight is 249 g/mol. The molecule has 0 aliphatic carbocycles. The van der Waals surface area contributed by atoms with Crippen LogP contribution < -0.4 is 5.32 Å². The molecule has 0 aliphatic rings. The molecule has 0 atom stereocenters. The molecule has 0 aromatic carbocycles. The fourth-order valence-electron chi connectivity index (χ4n) is 1.46. The topological polar surface area (TPSA) is 55.6 Å². The molecule has 2 heterocycles. The van der Waals surface area contributed by atoms with E-state index in [-0.39, 0.29) is 0 Å². The average Bonchev–Trinajstić information content (AvgIpc) is 2.75. The molecule has 2 rings (SSSR count). The molecule has 6 heteroatoms. The van der Waals surface area contributed by atoms with Crippen molar-refractivity contribution in [1.82, 2.24) is 19.7 Å². The van der Waals surface area contributed by atoms with Gasteiger partial charge in [0, 0.05) is 32.3 Å². The highest BCUT2D eigenvalue weighted by molar-refractivity contribution is 7.98. The first-order chi connectivity index (χ1) is 8.28. The fourth-order valence-corrected chi connectivity index (χ4v) is 1.84. The van der Waals surface area contributed by atoms with E-state index in [0.29, 0.717) is 0 Å². The highest BCUT2D eigenvalue weighted by atomic mass is 32.2. The van der Waals surface area contributed by atoms with Crippen LogP contribution >= 0.6 is 11.8 Å². The summed E-state index contributed by atoms with van der Waals surface area (Å²) in [7, 11) is 1.92. The number of rotatable bonds is 5. The van der Waals surface area contributed by atoms with Crippen molar-refractivity contribution in [2.24, 2.45) is 7.05 Å². The monoisotopic (exact) mass is 249 g/mol. The Hall–Kier alpha value is -1.56. The van der Waals surface area contributed by atoms with Gasteiger partial charge < -0.3 is 5.32 Å². The van der Waals surface area contributed by atoms with Crippen LogP contribution in [0.2, 0.25) is 0 Å². The zero-order chi connectivity index (χ0) is 12.1. The molecule has 0 saturated carbocycles. The first-order valence-corrected chi connectivity index (χ1v) is 6.59. The standard InChI is InChI=1S/C11H15N5S/c1-16-6-4-9(15-16)3-5-12-10-7-11(17-2)14-8-13-10/h4,6-8H,3,5H2,1-2H3,(H,12,13,14). The van der Waals surface area contributed by atoms with E-state index in [2.05, 4.69) is 20.4 Å². The third kappa shape index (κ3) is 3.45. The second-order valence-electron chi connectivity index (χ2n) is 3.60. The molecule has 90 valence electrons. The third-order valence-electron chi connectivity index (χ3n) is 2.31. The maximum Gasteiger partial charge on any atom is 0.130 e. The molecule has 2 aromatic heterocycles. The second-order valence-corrected chi connectivity index (χ2v) is 4.43. The summed E-state index contributed by atoms with van der Waals surface area (Å²) in [5, 5.41) is 8.55. The summed E-state index contributed by atoms with van der Waals surface area (Å²) in [4.78, 5) is 8.29. The highest BCUT2D eigenvalue weighted by Crippen LogP contribution is 2.13. The van der Waals surface area contributed by atoms with Gasteiger partial charge in [-0.3, -0.25) is 4.68 Å². The van der Waals surface area contributed by atoms with E-state index in [1.807, 2.05) is 36.3 Å². The van der Waals surface area contributed by atoms with E-state index in [1.165, 1.54) is 0 Å². The minimum Gasteiger partial charge on any atom is -0.370 e. The Bertz CT molecular complexity index is 482. The van der Waals surface area contributed by atoms with Crippen molar-refractivity contribution in [2.75, 3.05) is 18.1 Å². The first-order valence-electron chi connectivity index (χ1n) is 5.36. The van der Waals surface area contributed by atoms with Crippen LogP contribution in [0.4, 0.5) is 5.82 Å². The molecule has 5 nitrogen and oxygen atoms in total. The van der Waals surface area contributed by atoms with Crippen molar-refractivity contribution >= 4 is 17.6 Å². The van der Waals surface area contributed by atoms with Gasteiger partial charge in [-0.15, -0.1) is 11.8 Å². The molecule has 0 amide bonds. The molecule has 0 spiro atoms. The number of anilines is 1. The molecule has 0 radical (unpaired) electrons. The number of hydrogen-bond acceptors (Lipinski definition) is 5. The maximum atomic E-state index is 4.32. The Kier molecular flexibility index (Phi) is 3.98. The van der Waals surface area contributed by atoms with Crippen LogP contribution in [-0.2, 0) is 13.5 Å². The van der Waals surface area contributed by atoms with E-state index < -0.39 is 0 Å². The molecule has 17 heavy (non-hydrogen) atoms. The number of nitrogens with zero attached hydrogens (tertiary/aromatic N) is 4. The zero-order valence-corrected chi connectivity index (χ0v) is 10.7. The van der Waals surface area contributed by atoms with E-state index in [9.17, 15) is 0 Å². The van der Waals surface area contributed by atoms with Gasteiger partial charge in [0.2, 0.25) is 0 Å². The minimum absolute atomic E-state index is 0.821. The van der Waals surface area contributed by atoms with Crippen LogP contribution in [0.25, 0.3) is 0 Å². The van der Waals surface area contributed by atoms with Gasteiger partial charge in [-0.05, 0) is 12.3 Å². The number of aromatic nitrogens is 4. The highest BCUT2D eigenvalue weighted by Gasteiger charge is 1.99. The molecule has 0 aliphatic heterocycles. The summed E-state index contributed by atoms with van der Waals surface area (Å²) in [6.07, 6.45) is 6.42. The smallest absolute Gasteiger partial charge is 0.130 e. The number of hydrogen-bond donors (Lipinski definition) is 1. The van der Waals surface area contributed by atoms with E-state index in [0.717, 1.165) is 29.5 Å². The van der Waals surface area contributed by atoms with Gasteiger partial charge in [0.25, 0.3) is 0 Å². The van der Waals surface area contributed by atoms with Crippen molar-refractivity contribution in [3.05, 3.63) is 30.4 Å². The van der Waals surface area contributed by atoms with Gasteiger partial charge in [0.1, 0.15) is 17.2 Å². The van der Waals surface area contributed by atoms with Gasteiger partial charge >= 0.3 is 0 Å². The molecule has 0 bridgehead atoms. The number of thioether (sulfide) groups is 1. The van der Waals surface area contributed by atoms with Crippen LogP contribution in [0.5, 0.6) is 0 Å². The Labute approximate surface area is 105 Å². The molecule has 2 aromatic rings. The summed E-state index contributed by atoms with van der Waals surface area (Å²) in [5.74, 6) is 0.861. The van der Waals surface area contributed by atoms with Crippen LogP contribution in [0.3, 0.4) is 0 Å². The van der Waals surface area contributed by atoms with E-state index in [4.69, 9.17) is 0 Å². The van der Waals surface area contributed by atoms with Crippen molar-refractivity contribution < 1.29 is 0 Å². The van der Waals surface area contributed by atoms with Gasteiger partial charge in [0.05, 0.1) is 5.69 Å². The zero-order valence-electron chi connectivity index (χ0n) is 9.92. The lowest BCUT2D eigenvalue weighted by Gasteiger charge is -2.04. The van der Waals surface area contributed by atoms with Gasteiger partial charge in [-0.1, -0.05) is 0 Å². The van der Waals surface area contributed by atoms with Crippen LogP contribution in [0.15, 0.2) is 29.7 Å². The number of nitrogens with one attached hydrogen (secondary N) is 1. The van der Waals surface area contributed by atoms with Crippen LogP contribution in [-0.4, -0.2) is 32.5 Å². The molecular weight excluding hydrogens is 234 g/mol. The van der Waals surface area contributed by atoms with Gasteiger partial charge in [-0.25, -0.2) is 9.97 Å². The normalized spacial score (nSPS) is 10.5. The predicted octanol–water partition coefficient (Wildman–Crippen LogP) is 1.59. The largest absolute Gasteiger partial charge is 0.370 e. The lowest BCUT2D eigenvalue weighted by molar-refractivity contribution is 0.741. The fraction of sp³-hybridized carbons (Fsp3) is 0.364. The Morgan fingerprint density at radius 2 is 2.29 bits per heavy atom. The van der Waals surface area contributed by atoms with Crippen molar-refractivity contribution in [3.63, 3.8) is 0 Å². The van der Waals surface area contributed by atoms with Crippen LogP contribution in [0, 0.1) is 0 Å². The summed E-state index contributed by atoms with van der Waals surface area (Å²) < 4.78 is 1.81. The van der Waals surface area contributed by atoms with Crippen molar-refractivity contribution in [3.8, 4) is 0 Å². The Morgan fingerprint density at radius 1 is 1.41 bits per heavy atom. The summed E-state index contributed by atoms with van der Waals surface area (Å²) in [6, 6.07) is 3.97. The van der Waals surface area contributed by atoms with Crippen LogP contribution in [0.1, 0.15) is 5.69 Å². The molecule has 0 unspecified atom stereocenters. The van der Waals surface area contributed by atoms with Crippen molar-refractivity contribution in [1.29, 1.82) is 0 Å². The molecule has 1 N–H and O–H groups in total. The Morgan fingerprint density at radius 3 is 3.00 bits per heavy atom. The number of aryl methyl sites for hydroxylation is 1. The molecular formula is C11H15N5S. The first kappa shape index (κ1) is 11.9. The molecule has 0 saturated heterocycles. The SMILES string of the molecule is CSc1cc(NCCc2ccn(C)n2)ncn1. The van der Waals surface area contributed by atoms with Gasteiger partial charge in [-0.2, -0.15) is 5.10 Å². The third-order valence-corrected chi connectivity index (χ3v) is 2.95. The summed E-state index contributed by atoms with van der Waals surface area (Å²) >= 11 is 1.61. The second kappa shape index (κ2) is 5.67. The van der Waals surface area contributed by atoms with Crippen molar-refractivity contribution in [2.45, 2.75) is 11.4 Å². The quantitative estimate of drug-likeness (QED) is 0.644. The molecule has 0 fully saturated rings. The Balaban J connectivity index is 1.85. The minimum atomic E-state index is 0.821. The lowest BCUT2D eigenvalue weighted by atomic mass is 10.3. The predicted molar refractivity (Wildman–Crippen MR) is 69.2 cm³/mol. The van der Waals surface area contributed by atoms with E-state index >= 15 is 0 Å².